The Hall–Kier alpha value is -0.770. The third kappa shape index (κ3) is 29.3. The number of carbonyl (C=O) groups excluding carboxylic acids is 1. The van der Waals surface area contributed by atoms with Gasteiger partial charge in [-0.2, -0.15) is 0 Å². The van der Waals surface area contributed by atoms with Gasteiger partial charge in [-0.05, 0) is 33.1 Å². The van der Waals surface area contributed by atoms with Crippen molar-refractivity contribution in [3.8, 4) is 0 Å². The first-order valence-electron chi connectivity index (χ1n) is 15.1. The van der Waals surface area contributed by atoms with Crippen LogP contribution in [0.4, 0.5) is 4.79 Å². The van der Waals surface area contributed by atoms with Crippen LogP contribution >= 0.6 is 0 Å². The Morgan fingerprint density at radius 3 is 1.21 bits per heavy atom. The molecule has 0 aliphatic carbocycles. The van der Waals surface area contributed by atoms with E-state index in [1.165, 1.54) is 122 Å². The van der Waals surface area contributed by atoms with E-state index in [-0.39, 0.29) is 6.10 Å². The molecule has 0 fully saturated rings. The monoisotopic (exact) mass is 484 g/mol. The van der Waals surface area contributed by atoms with Crippen LogP contribution in [0.1, 0.15) is 162 Å². The van der Waals surface area contributed by atoms with Gasteiger partial charge in [0.1, 0.15) is 0 Å². The maximum absolute atomic E-state index is 11.2. The highest BCUT2D eigenvalue weighted by atomic mass is 16.7. The highest BCUT2D eigenvalue weighted by molar-refractivity contribution is 5.59. The highest BCUT2D eigenvalue weighted by Gasteiger charge is 2.05. The second kappa shape index (κ2) is 28.5. The molecule has 204 valence electrons. The largest absolute Gasteiger partial charge is 0.508 e. The van der Waals surface area contributed by atoms with E-state index in [1.807, 2.05) is 13.8 Å². The maximum atomic E-state index is 11.2. The lowest BCUT2D eigenvalue weighted by atomic mass is 10.0. The zero-order chi connectivity index (χ0) is 25.0. The Balaban J connectivity index is 3.06. The Morgan fingerprint density at radius 2 is 0.824 bits per heavy atom. The van der Waals surface area contributed by atoms with Gasteiger partial charge in [0.25, 0.3) is 0 Å². The number of rotatable bonds is 27. The quantitative estimate of drug-likeness (QED) is 0.0859. The minimum Gasteiger partial charge on any atom is -0.434 e. The Morgan fingerprint density at radius 1 is 0.500 bits per heavy atom. The Bertz CT molecular complexity index is 397. The number of hydrogen-bond donors (Lipinski definition) is 0. The van der Waals surface area contributed by atoms with Gasteiger partial charge in [-0.3, -0.25) is 0 Å². The average molecular weight is 485 g/mol. The van der Waals surface area contributed by atoms with E-state index >= 15 is 0 Å². The summed E-state index contributed by atoms with van der Waals surface area (Å²) >= 11 is 0. The van der Waals surface area contributed by atoms with Gasteiger partial charge >= 0.3 is 6.16 Å². The van der Waals surface area contributed by atoms with Crippen LogP contribution in [0, 0.1) is 0 Å². The van der Waals surface area contributed by atoms with Crippen LogP contribution in [0.3, 0.4) is 0 Å². The van der Waals surface area contributed by atoms with Crippen molar-refractivity contribution in [2.45, 2.75) is 168 Å². The van der Waals surface area contributed by atoms with Gasteiger partial charge in [0.05, 0.1) is 12.7 Å². The van der Waals surface area contributed by atoms with Crippen molar-refractivity contribution < 1.29 is 19.0 Å². The third-order valence-corrected chi connectivity index (χ3v) is 6.38. The molecular weight excluding hydrogens is 424 g/mol. The van der Waals surface area contributed by atoms with E-state index in [0.717, 1.165) is 32.5 Å². The molecule has 34 heavy (non-hydrogen) atoms. The van der Waals surface area contributed by atoms with Crippen molar-refractivity contribution in [1.82, 2.24) is 0 Å². The fraction of sp³-hybridized carbons (Fsp3) is 0.967. The number of ether oxygens (including phenoxy) is 3. The molecule has 0 bridgehead atoms. The average Bonchev–Trinajstić information content (AvgIpc) is 2.81. The SMILES string of the molecule is CCCCCCCCCCCCCCCCCCCCCCOCCCCOC(=O)OC(C)C. The van der Waals surface area contributed by atoms with E-state index in [4.69, 9.17) is 14.2 Å². The van der Waals surface area contributed by atoms with Crippen LogP contribution in [-0.2, 0) is 14.2 Å². The summed E-state index contributed by atoms with van der Waals surface area (Å²) in [4.78, 5) is 11.2. The van der Waals surface area contributed by atoms with Crippen LogP contribution in [0.2, 0.25) is 0 Å². The lowest BCUT2D eigenvalue weighted by molar-refractivity contribution is 0.0318. The Labute approximate surface area is 213 Å². The smallest absolute Gasteiger partial charge is 0.434 e. The van der Waals surface area contributed by atoms with Crippen molar-refractivity contribution in [3.05, 3.63) is 0 Å². The van der Waals surface area contributed by atoms with Crippen molar-refractivity contribution in [3.63, 3.8) is 0 Å². The number of unbranched alkanes of at least 4 members (excludes halogenated alkanes) is 20. The molecule has 0 spiro atoms. The van der Waals surface area contributed by atoms with Crippen LogP contribution in [-0.4, -0.2) is 32.1 Å². The minimum atomic E-state index is -0.569. The van der Waals surface area contributed by atoms with Crippen molar-refractivity contribution in [2.24, 2.45) is 0 Å². The van der Waals surface area contributed by atoms with Crippen LogP contribution < -0.4 is 0 Å². The lowest BCUT2D eigenvalue weighted by Gasteiger charge is -2.08. The summed E-state index contributed by atoms with van der Waals surface area (Å²) < 4.78 is 15.6. The molecule has 4 nitrogen and oxygen atoms in total. The molecule has 0 radical (unpaired) electrons. The van der Waals surface area contributed by atoms with E-state index in [2.05, 4.69) is 6.92 Å². The van der Waals surface area contributed by atoms with E-state index in [1.54, 1.807) is 0 Å². The van der Waals surface area contributed by atoms with Crippen molar-refractivity contribution >= 4 is 6.16 Å². The van der Waals surface area contributed by atoms with E-state index < -0.39 is 6.16 Å². The molecule has 4 heteroatoms. The van der Waals surface area contributed by atoms with Crippen molar-refractivity contribution in [2.75, 3.05) is 19.8 Å². The van der Waals surface area contributed by atoms with Gasteiger partial charge in [-0.25, -0.2) is 4.79 Å². The molecule has 0 aromatic carbocycles. The molecule has 0 saturated heterocycles. The molecule has 0 heterocycles. The van der Waals surface area contributed by atoms with Gasteiger partial charge in [0.15, 0.2) is 0 Å². The molecule has 0 aromatic rings. The van der Waals surface area contributed by atoms with Gasteiger partial charge in [0, 0.05) is 13.2 Å². The molecule has 0 aliphatic rings. The summed E-state index contributed by atoms with van der Waals surface area (Å²) in [5, 5.41) is 0. The zero-order valence-corrected chi connectivity index (χ0v) is 23.4. The molecule has 0 aromatic heterocycles. The lowest BCUT2D eigenvalue weighted by Crippen LogP contribution is -2.13. The fourth-order valence-electron chi connectivity index (χ4n) is 4.25. The maximum Gasteiger partial charge on any atom is 0.508 e. The first-order valence-corrected chi connectivity index (χ1v) is 15.1. The van der Waals surface area contributed by atoms with E-state index in [0.29, 0.717) is 6.61 Å². The molecule has 0 rings (SSSR count). The first-order chi connectivity index (χ1) is 16.7. The molecule has 0 amide bonds. The zero-order valence-electron chi connectivity index (χ0n) is 23.4. The number of carbonyl (C=O) groups is 1. The topological polar surface area (TPSA) is 44.8 Å². The Kier molecular flexibility index (Phi) is 27.8. The van der Waals surface area contributed by atoms with Gasteiger partial charge < -0.3 is 14.2 Å². The molecule has 0 N–H and O–H groups in total. The number of hydrogen-bond acceptors (Lipinski definition) is 4. The predicted octanol–water partition coefficient (Wildman–Crippen LogP) is 10.2. The van der Waals surface area contributed by atoms with Crippen LogP contribution in [0.25, 0.3) is 0 Å². The van der Waals surface area contributed by atoms with Crippen LogP contribution in [0.5, 0.6) is 0 Å². The summed E-state index contributed by atoms with van der Waals surface area (Å²) in [6, 6.07) is 0. The molecule has 0 unspecified atom stereocenters. The van der Waals surface area contributed by atoms with Crippen molar-refractivity contribution in [1.29, 1.82) is 0 Å². The first kappa shape index (κ1) is 33.2. The standard InChI is InChI=1S/C30H60O4/c1-4-5-6-7-8-9-10-11-12-13-14-15-16-17-18-19-20-21-22-23-26-32-27-24-25-28-33-30(31)34-29(2)3/h29H,4-28H2,1-3H3. The van der Waals surface area contributed by atoms with Gasteiger partial charge in [0.2, 0.25) is 0 Å². The second-order valence-electron chi connectivity index (χ2n) is 10.3. The second-order valence-corrected chi connectivity index (χ2v) is 10.3. The third-order valence-electron chi connectivity index (χ3n) is 6.38. The van der Waals surface area contributed by atoms with Crippen LogP contribution in [0.15, 0.2) is 0 Å². The minimum absolute atomic E-state index is 0.125. The van der Waals surface area contributed by atoms with Gasteiger partial charge in [-0.1, -0.05) is 129 Å². The summed E-state index contributed by atoms with van der Waals surface area (Å²) in [5.41, 5.74) is 0. The predicted molar refractivity (Wildman–Crippen MR) is 146 cm³/mol. The summed E-state index contributed by atoms with van der Waals surface area (Å²) in [7, 11) is 0. The van der Waals surface area contributed by atoms with Gasteiger partial charge in [-0.15, -0.1) is 0 Å². The fourth-order valence-corrected chi connectivity index (χ4v) is 4.25. The molecular formula is C30H60O4. The summed E-state index contributed by atoms with van der Waals surface area (Å²) in [5.74, 6) is 0. The highest BCUT2D eigenvalue weighted by Crippen LogP contribution is 2.14. The normalized spacial score (nSPS) is 11.3. The molecule has 0 saturated carbocycles. The summed E-state index contributed by atoms with van der Waals surface area (Å²) in [6.07, 6.45) is 29.3. The molecule has 0 atom stereocenters. The summed E-state index contributed by atoms with van der Waals surface area (Å²) in [6.45, 7) is 7.94. The van der Waals surface area contributed by atoms with E-state index in [9.17, 15) is 4.79 Å². The molecule has 0 aliphatic heterocycles.